The Morgan fingerprint density at radius 1 is 0.241 bits per heavy atom. The first kappa shape index (κ1) is 68.3. The second-order valence-electron chi connectivity index (χ2n) is 32.0. The van der Waals surface area contributed by atoms with Gasteiger partial charge in [0.25, 0.3) is 6.71 Å². The molecule has 20 rings (SSSR count). The maximum absolute atomic E-state index is 2.73. The van der Waals surface area contributed by atoms with Crippen LogP contribution in [0.25, 0.3) is 44.5 Å². The topological polar surface area (TPSA) is 16.2 Å². The van der Waals surface area contributed by atoms with Crippen LogP contribution in [-0.2, 0) is 10.8 Å². The molecule has 0 aliphatic carbocycles. The first-order valence-corrected chi connectivity index (χ1v) is 39.9. The molecule has 4 aliphatic heterocycles. The third kappa shape index (κ3) is 11.8. The smallest absolute Gasteiger partial charge is 0.252 e. The summed E-state index contributed by atoms with van der Waals surface area (Å²) in [7, 11) is 0. The third-order valence-electron chi connectivity index (χ3n) is 23.2. The summed E-state index contributed by atoms with van der Waals surface area (Å²) in [5, 5.41) is 0. The second kappa shape index (κ2) is 27.5. The van der Waals surface area contributed by atoms with Crippen LogP contribution in [0.2, 0.25) is 0 Å². The molecule has 0 aromatic heterocycles. The van der Waals surface area contributed by atoms with Crippen molar-refractivity contribution in [2.24, 2.45) is 0 Å². The van der Waals surface area contributed by atoms with Gasteiger partial charge in [-0.3, -0.25) is 0 Å². The molecule has 0 saturated heterocycles. The number of anilines is 15. The lowest BCUT2D eigenvalue weighted by atomic mass is 9.31. The van der Waals surface area contributed by atoms with Gasteiger partial charge in [-0.25, -0.2) is 0 Å². The number of para-hydroxylation sites is 7. The fraction of sp³-hybridized carbons (Fsp3) is 0.0769. The third-order valence-corrected chi connectivity index (χ3v) is 24.3. The summed E-state index contributed by atoms with van der Waals surface area (Å²) in [6.07, 6.45) is 0. The van der Waals surface area contributed by atoms with Crippen molar-refractivity contribution >= 4 is 143 Å². The molecule has 16 aromatic rings. The highest BCUT2D eigenvalue weighted by atomic mass is 32.2. The van der Waals surface area contributed by atoms with E-state index in [4.69, 9.17) is 0 Å². The Kier molecular flexibility index (Phi) is 16.8. The molecule has 0 saturated carbocycles. The molecule has 16 aromatic carbocycles. The van der Waals surface area contributed by atoms with Crippen LogP contribution in [0.15, 0.2) is 392 Å². The van der Waals surface area contributed by atoms with Gasteiger partial charge in [-0.05, 0) is 198 Å². The number of hydrogen-bond acceptors (Lipinski definition) is 6. The Morgan fingerprint density at radius 3 is 1.04 bits per heavy atom. The van der Waals surface area contributed by atoms with Gasteiger partial charge in [-0.1, -0.05) is 326 Å². The van der Waals surface area contributed by atoms with E-state index in [-0.39, 0.29) is 24.3 Å². The van der Waals surface area contributed by atoms with Crippen molar-refractivity contribution in [2.75, 3.05) is 24.5 Å². The van der Waals surface area contributed by atoms with Crippen molar-refractivity contribution in [1.29, 1.82) is 0 Å². The van der Waals surface area contributed by atoms with E-state index >= 15 is 0 Å². The zero-order valence-electron chi connectivity index (χ0n) is 63.7. The van der Waals surface area contributed by atoms with Gasteiger partial charge in [0.15, 0.2) is 0 Å². The maximum atomic E-state index is 2.73. The number of hydrogen-bond donors (Lipinski definition) is 0. The highest BCUT2D eigenvalue weighted by Gasteiger charge is 2.48. The predicted octanol–water partition coefficient (Wildman–Crippen LogP) is 24.7. The zero-order chi connectivity index (χ0) is 75.3. The van der Waals surface area contributed by atoms with Gasteiger partial charge in [0.2, 0.25) is 6.71 Å². The first-order valence-electron chi connectivity index (χ1n) is 39.1. The van der Waals surface area contributed by atoms with Crippen LogP contribution < -0.4 is 57.3 Å². The van der Waals surface area contributed by atoms with Crippen molar-refractivity contribution in [3.05, 3.63) is 393 Å². The van der Waals surface area contributed by atoms with E-state index in [1.54, 1.807) is 0 Å². The zero-order valence-corrected chi connectivity index (χ0v) is 64.5. The van der Waals surface area contributed by atoms with Crippen molar-refractivity contribution < 1.29 is 0 Å². The van der Waals surface area contributed by atoms with Crippen LogP contribution in [0.4, 0.5) is 85.3 Å². The average molecular weight is 1450 g/mol. The van der Waals surface area contributed by atoms with Crippen molar-refractivity contribution in [2.45, 2.75) is 62.2 Å². The summed E-state index contributed by atoms with van der Waals surface area (Å²) in [4.78, 5) is 15.2. The number of nitrogens with zero attached hydrogens (tertiary/aromatic N) is 5. The number of rotatable bonds is 13. The summed E-state index contributed by atoms with van der Waals surface area (Å²) >= 11 is 1.92. The van der Waals surface area contributed by atoms with E-state index in [0.717, 1.165) is 108 Å². The minimum Gasteiger partial charge on any atom is -0.311 e. The van der Waals surface area contributed by atoms with Crippen LogP contribution in [0.5, 0.6) is 0 Å². The molecule has 0 N–H and O–H groups in total. The van der Waals surface area contributed by atoms with E-state index in [1.807, 2.05) is 11.8 Å². The summed E-state index contributed by atoms with van der Waals surface area (Å²) in [5.74, 6) is 0. The predicted molar refractivity (Wildman–Crippen MR) is 479 cm³/mol. The molecule has 0 fully saturated rings. The molecule has 0 bridgehead atoms. The normalized spacial score (nSPS) is 13.0. The Bertz CT molecular complexity index is 6030. The molecule has 0 radical (unpaired) electrons. The van der Waals surface area contributed by atoms with E-state index in [9.17, 15) is 0 Å². The molecule has 4 heterocycles. The second-order valence-corrected chi connectivity index (χ2v) is 33.1. The van der Waals surface area contributed by atoms with Crippen molar-refractivity contribution in [3.63, 3.8) is 0 Å². The van der Waals surface area contributed by atoms with E-state index in [0.29, 0.717) is 0 Å². The Hall–Kier alpha value is -13.0. The Labute approximate surface area is 663 Å². The van der Waals surface area contributed by atoms with Crippen LogP contribution >= 0.6 is 11.8 Å². The number of fused-ring (bicyclic) bond motifs is 8. The largest absolute Gasteiger partial charge is 0.311 e. The lowest BCUT2D eigenvalue weighted by Crippen LogP contribution is -2.64. The lowest BCUT2D eigenvalue weighted by molar-refractivity contribution is 0.590. The quantitative estimate of drug-likeness (QED) is 0.106. The molecule has 112 heavy (non-hydrogen) atoms. The molecule has 5 nitrogen and oxygen atoms in total. The highest BCUT2D eigenvalue weighted by molar-refractivity contribution is 8.00. The van der Waals surface area contributed by atoms with E-state index in [1.165, 1.54) is 75.9 Å². The minimum absolute atomic E-state index is 0.0568. The standard InChI is InChI=1S/C104H81B2N5S/c1-103(2,3)76-56-48-74(49-57-76)86-42-29-43-87(75-50-58-77(59-51-75)104(4,5)6)102(86)111-94-69-98-91(68-90(94)105-88-44-25-27-46-92(88)109(80-38-21-11-22-39-80)95-64-84(65-96(111)100(95)105)107(78-34-17-9-18-35-78)79-36-19-10-20-37-79)106-89-45-26-28-47-93(89)110(81-40-23-12-24-41-81)97-66-85(67-99(112-98)101(97)106)108(82-60-52-72(53-61-82)70-30-13-7-14-31-70)83-62-54-73(55-63-83)71-32-15-8-16-33-71/h7-69H,1-6H3. The SMILES string of the molecule is CC(C)(C)c1ccc(-c2cccc(-c3ccc(C(C)(C)C)cc3)c2N2c3cc4c(cc3B3c5ccccc5N(c5ccccc5)c5cc(N(c6ccccc6)c6ccccc6)cc2c53)B2c3ccccc3N(c3ccccc3)c3cc(N(c5ccc(-c6ccccc6)cc5)c5ccc(-c6ccccc6)cc5)cc(c32)S4)cc1. The highest BCUT2D eigenvalue weighted by Crippen LogP contribution is 2.55. The van der Waals surface area contributed by atoms with Gasteiger partial charge in [0.1, 0.15) is 0 Å². The van der Waals surface area contributed by atoms with Crippen LogP contribution in [0.1, 0.15) is 52.7 Å². The summed E-state index contributed by atoms with van der Waals surface area (Å²) in [5.41, 5.74) is 35.9. The Morgan fingerprint density at radius 2 is 0.598 bits per heavy atom. The first-order chi connectivity index (χ1) is 54.8. The molecule has 0 atom stereocenters. The monoisotopic (exact) mass is 1450 g/mol. The van der Waals surface area contributed by atoms with Gasteiger partial charge in [0.05, 0.1) is 11.4 Å². The molecule has 8 heteroatoms. The lowest BCUT2D eigenvalue weighted by Gasteiger charge is -2.46. The van der Waals surface area contributed by atoms with Gasteiger partial charge >= 0.3 is 0 Å². The van der Waals surface area contributed by atoms with Crippen LogP contribution in [0, 0.1) is 0 Å². The van der Waals surface area contributed by atoms with E-state index < -0.39 is 0 Å². The van der Waals surface area contributed by atoms with Crippen LogP contribution in [-0.4, -0.2) is 13.4 Å². The van der Waals surface area contributed by atoms with Gasteiger partial charge < -0.3 is 24.5 Å². The Balaban J connectivity index is 0.890. The molecule has 0 amide bonds. The minimum atomic E-state index is -0.218. The van der Waals surface area contributed by atoms with Crippen molar-refractivity contribution in [3.8, 4) is 44.5 Å². The van der Waals surface area contributed by atoms with Gasteiger partial charge in [-0.2, -0.15) is 0 Å². The number of benzene rings is 16. The summed E-state index contributed by atoms with van der Waals surface area (Å²) < 4.78 is 0. The van der Waals surface area contributed by atoms with Gasteiger partial charge in [-0.15, -0.1) is 0 Å². The fourth-order valence-corrected chi connectivity index (χ4v) is 19.0. The maximum Gasteiger partial charge on any atom is 0.252 e. The fourth-order valence-electron chi connectivity index (χ4n) is 17.8. The summed E-state index contributed by atoms with van der Waals surface area (Å²) in [6, 6.07) is 144. The molecular weight excluding hydrogens is 1370 g/mol. The molecule has 534 valence electrons. The molecule has 0 unspecified atom stereocenters. The van der Waals surface area contributed by atoms with Gasteiger partial charge in [0, 0.05) is 94.9 Å². The molecule has 4 aliphatic rings. The van der Waals surface area contributed by atoms with E-state index in [2.05, 4.69) is 448 Å². The average Bonchev–Trinajstić information content (AvgIpc) is 0.685. The molecular formula is C104H81B2N5S. The summed E-state index contributed by atoms with van der Waals surface area (Å²) in [6.45, 7) is 13.5. The molecule has 0 spiro atoms. The van der Waals surface area contributed by atoms with Crippen molar-refractivity contribution in [1.82, 2.24) is 0 Å². The van der Waals surface area contributed by atoms with Crippen LogP contribution in [0.3, 0.4) is 0 Å².